The lowest BCUT2D eigenvalue weighted by Crippen LogP contribution is -2.46. The van der Waals surface area contributed by atoms with E-state index in [1.54, 1.807) is 6.07 Å². The summed E-state index contributed by atoms with van der Waals surface area (Å²) >= 11 is 0. The van der Waals surface area contributed by atoms with Crippen LogP contribution >= 0.6 is 0 Å². The Morgan fingerprint density at radius 3 is 2.60 bits per heavy atom. The number of benzene rings is 1. The van der Waals surface area contributed by atoms with Crippen LogP contribution in [-0.2, 0) is 5.54 Å². The lowest BCUT2D eigenvalue weighted by molar-refractivity contribution is 0.144. The number of aliphatic hydroxyl groups is 1. The lowest BCUT2D eigenvalue weighted by Gasteiger charge is -2.27. The highest BCUT2D eigenvalue weighted by Gasteiger charge is 2.30. The second kappa shape index (κ2) is 4.27. The molecular formula is C10H12FNO3. The van der Waals surface area contributed by atoms with Gasteiger partial charge in [-0.1, -0.05) is 18.2 Å². The summed E-state index contributed by atoms with van der Waals surface area (Å²) in [5.74, 6) is -0.553. The van der Waals surface area contributed by atoms with E-state index in [0.29, 0.717) is 0 Å². The fraction of sp³-hybridized carbons (Fsp3) is 0.300. The third kappa shape index (κ3) is 2.44. The lowest BCUT2D eigenvalue weighted by atomic mass is 9.92. The number of aliphatic hydroxyl groups excluding tert-OH is 1. The van der Waals surface area contributed by atoms with Crippen LogP contribution in [0.2, 0.25) is 0 Å². The molecule has 0 spiro atoms. The van der Waals surface area contributed by atoms with Gasteiger partial charge in [-0.3, -0.25) is 0 Å². The normalized spacial score (nSPS) is 14.3. The van der Waals surface area contributed by atoms with E-state index < -0.39 is 24.1 Å². The molecule has 1 aromatic rings. The quantitative estimate of drug-likeness (QED) is 0.708. The maximum Gasteiger partial charge on any atom is 0.405 e. The molecule has 82 valence electrons. The summed E-state index contributed by atoms with van der Waals surface area (Å²) in [5.41, 5.74) is -1.20. The largest absolute Gasteiger partial charge is 0.465 e. The van der Waals surface area contributed by atoms with Crippen LogP contribution in [0.3, 0.4) is 0 Å². The molecule has 0 bridgehead atoms. The van der Waals surface area contributed by atoms with Gasteiger partial charge in [0.25, 0.3) is 0 Å². The van der Waals surface area contributed by atoms with Crippen LogP contribution in [0.5, 0.6) is 0 Å². The number of amides is 1. The first-order valence-corrected chi connectivity index (χ1v) is 4.36. The maximum atomic E-state index is 13.4. The van der Waals surface area contributed by atoms with Gasteiger partial charge in [-0.05, 0) is 13.0 Å². The van der Waals surface area contributed by atoms with Gasteiger partial charge in [0.15, 0.2) is 0 Å². The van der Waals surface area contributed by atoms with Gasteiger partial charge in [0.1, 0.15) is 5.82 Å². The Labute approximate surface area is 86.4 Å². The molecule has 0 aliphatic carbocycles. The van der Waals surface area contributed by atoms with Crippen molar-refractivity contribution in [2.45, 2.75) is 12.5 Å². The average molecular weight is 213 g/mol. The predicted molar refractivity (Wildman–Crippen MR) is 52.0 cm³/mol. The van der Waals surface area contributed by atoms with Crippen LogP contribution in [0.4, 0.5) is 9.18 Å². The fourth-order valence-electron chi connectivity index (χ4n) is 1.34. The van der Waals surface area contributed by atoms with Crippen molar-refractivity contribution < 1.29 is 19.4 Å². The Morgan fingerprint density at radius 2 is 2.13 bits per heavy atom. The molecule has 15 heavy (non-hydrogen) atoms. The first-order chi connectivity index (χ1) is 6.99. The zero-order valence-electron chi connectivity index (χ0n) is 8.20. The first kappa shape index (κ1) is 11.5. The molecule has 3 N–H and O–H groups in total. The Hall–Kier alpha value is -1.62. The number of carbonyl (C=O) groups is 1. The molecule has 1 aromatic carbocycles. The van der Waals surface area contributed by atoms with Gasteiger partial charge < -0.3 is 15.5 Å². The van der Waals surface area contributed by atoms with E-state index in [4.69, 9.17) is 10.2 Å². The number of hydrogen-bond donors (Lipinski definition) is 3. The van der Waals surface area contributed by atoms with Crippen LogP contribution in [0.1, 0.15) is 12.5 Å². The zero-order valence-corrected chi connectivity index (χ0v) is 8.20. The summed E-state index contributed by atoms with van der Waals surface area (Å²) in [6.45, 7) is 0.903. The molecule has 0 aliphatic rings. The van der Waals surface area contributed by atoms with Gasteiger partial charge in [-0.25, -0.2) is 9.18 Å². The fourth-order valence-corrected chi connectivity index (χ4v) is 1.34. The monoisotopic (exact) mass is 213 g/mol. The molecule has 1 amide bonds. The van der Waals surface area contributed by atoms with Crippen LogP contribution in [-0.4, -0.2) is 22.9 Å². The highest BCUT2D eigenvalue weighted by Crippen LogP contribution is 2.22. The van der Waals surface area contributed by atoms with Crippen LogP contribution in [0.25, 0.3) is 0 Å². The topological polar surface area (TPSA) is 69.6 Å². The molecule has 0 radical (unpaired) electrons. The summed E-state index contributed by atoms with van der Waals surface area (Å²) in [5, 5.41) is 19.8. The van der Waals surface area contributed by atoms with Crippen molar-refractivity contribution in [3.63, 3.8) is 0 Å². The van der Waals surface area contributed by atoms with Crippen molar-refractivity contribution >= 4 is 6.09 Å². The molecule has 0 saturated carbocycles. The number of hydrogen-bond acceptors (Lipinski definition) is 2. The van der Waals surface area contributed by atoms with Crippen molar-refractivity contribution in [1.82, 2.24) is 5.32 Å². The van der Waals surface area contributed by atoms with Gasteiger partial charge >= 0.3 is 6.09 Å². The Balaban J connectivity index is 3.11. The Kier molecular flexibility index (Phi) is 3.26. The number of carboxylic acid groups (broad SMARTS) is 1. The van der Waals surface area contributed by atoms with Crippen molar-refractivity contribution in [2.75, 3.05) is 6.61 Å². The van der Waals surface area contributed by atoms with Gasteiger partial charge in [0.2, 0.25) is 0 Å². The smallest absolute Gasteiger partial charge is 0.405 e. The number of nitrogens with one attached hydrogen (secondary N) is 1. The maximum absolute atomic E-state index is 13.4. The summed E-state index contributed by atoms with van der Waals surface area (Å²) < 4.78 is 13.4. The zero-order chi connectivity index (χ0) is 11.5. The molecular weight excluding hydrogens is 201 g/mol. The van der Waals surface area contributed by atoms with Gasteiger partial charge in [0, 0.05) is 5.56 Å². The standard InChI is InChI=1S/C10H12FNO3/c1-10(6-13,12-9(14)15)7-4-2-3-5-8(7)11/h2-5,12-13H,6H2,1H3,(H,14,15). The minimum absolute atomic E-state index is 0.120. The number of halogens is 1. The highest BCUT2D eigenvalue weighted by molar-refractivity contribution is 5.66. The van der Waals surface area contributed by atoms with E-state index in [-0.39, 0.29) is 5.56 Å². The minimum Gasteiger partial charge on any atom is -0.465 e. The van der Waals surface area contributed by atoms with E-state index in [9.17, 15) is 9.18 Å². The van der Waals surface area contributed by atoms with E-state index in [1.165, 1.54) is 25.1 Å². The molecule has 0 fully saturated rings. The Bertz CT molecular complexity index is 369. The average Bonchev–Trinajstić information content (AvgIpc) is 2.17. The SMILES string of the molecule is CC(CO)(NC(=O)O)c1ccccc1F. The van der Waals surface area contributed by atoms with Crippen molar-refractivity contribution in [2.24, 2.45) is 0 Å². The molecule has 1 atom stereocenters. The van der Waals surface area contributed by atoms with Crippen molar-refractivity contribution in [1.29, 1.82) is 0 Å². The molecule has 0 saturated heterocycles. The minimum atomic E-state index is -1.32. The number of rotatable bonds is 3. The predicted octanol–water partition coefficient (Wildman–Crippen LogP) is 1.30. The van der Waals surface area contributed by atoms with Gasteiger partial charge in [-0.15, -0.1) is 0 Å². The van der Waals surface area contributed by atoms with Crippen molar-refractivity contribution in [3.8, 4) is 0 Å². The Morgan fingerprint density at radius 1 is 1.53 bits per heavy atom. The van der Waals surface area contributed by atoms with E-state index in [0.717, 1.165) is 0 Å². The van der Waals surface area contributed by atoms with Gasteiger partial charge in [-0.2, -0.15) is 0 Å². The third-order valence-corrected chi connectivity index (χ3v) is 2.17. The van der Waals surface area contributed by atoms with E-state index >= 15 is 0 Å². The second-order valence-corrected chi connectivity index (χ2v) is 3.40. The van der Waals surface area contributed by atoms with Crippen LogP contribution in [0.15, 0.2) is 24.3 Å². The summed E-state index contributed by atoms with van der Waals surface area (Å²) in [6.07, 6.45) is -1.31. The first-order valence-electron chi connectivity index (χ1n) is 4.36. The molecule has 1 unspecified atom stereocenters. The molecule has 0 heterocycles. The van der Waals surface area contributed by atoms with Crippen molar-refractivity contribution in [3.05, 3.63) is 35.6 Å². The summed E-state index contributed by atoms with van der Waals surface area (Å²) in [4.78, 5) is 10.5. The highest BCUT2D eigenvalue weighted by atomic mass is 19.1. The summed E-state index contributed by atoms with van der Waals surface area (Å²) in [6, 6.07) is 5.72. The van der Waals surface area contributed by atoms with Crippen LogP contribution in [0, 0.1) is 5.82 Å². The van der Waals surface area contributed by atoms with E-state index in [2.05, 4.69) is 5.32 Å². The van der Waals surface area contributed by atoms with E-state index in [1.807, 2.05) is 0 Å². The molecule has 0 aliphatic heterocycles. The third-order valence-electron chi connectivity index (χ3n) is 2.17. The van der Waals surface area contributed by atoms with Gasteiger partial charge in [0.05, 0.1) is 12.1 Å². The molecule has 0 aromatic heterocycles. The van der Waals surface area contributed by atoms with Crippen LogP contribution < -0.4 is 5.32 Å². The second-order valence-electron chi connectivity index (χ2n) is 3.40. The molecule has 1 rings (SSSR count). The molecule has 4 nitrogen and oxygen atoms in total. The molecule has 5 heteroatoms. The summed E-state index contributed by atoms with van der Waals surface area (Å²) in [7, 11) is 0.